The zero-order valence-electron chi connectivity index (χ0n) is 11.6. The first kappa shape index (κ1) is 13.8. The van der Waals surface area contributed by atoms with E-state index in [2.05, 4.69) is 15.1 Å². The lowest BCUT2D eigenvalue weighted by Gasteiger charge is -2.08. The molecule has 6 nitrogen and oxygen atoms in total. The molecule has 0 atom stereocenters. The van der Waals surface area contributed by atoms with Gasteiger partial charge in [0.2, 0.25) is 0 Å². The molecule has 0 aliphatic heterocycles. The number of hydrogen-bond donors (Lipinski definition) is 2. The van der Waals surface area contributed by atoms with Crippen LogP contribution in [-0.4, -0.2) is 21.0 Å². The van der Waals surface area contributed by atoms with Gasteiger partial charge in [0.25, 0.3) is 0 Å². The van der Waals surface area contributed by atoms with Crippen LogP contribution in [0.3, 0.4) is 0 Å². The second-order valence-corrected chi connectivity index (χ2v) is 4.59. The number of oxime groups is 1. The molecule has 0 saturated heterocycles. The van der Waals surface area contributed by atoms with Crippen LogP contribution < -0.4 is 10.5 Å². The molecule has 0 radical (unpaired) electrons. The zero-order valence-corrected chi connectivity index (χ0v) is 11.6. The second kappa shape index (κ2) is 5.56. The first-order valence-corrected chi connectivity index (χ1v) is 6.07. The second-order valence-electron chi connectivity index (χ2n) is 4.59. The maximum Gasteiger partial charge on any atom is 0.322 e. The van der Waals surface area contributed by atoms with Crippen molar-refractivity contribution in [2.45, 2.75) is 20.8 Å². The topological polar surface area (TPSA) is 93.6 Å². The van der Waals surface area contributed by atoms with Gasteiger partial charge in [0.1, 0.15) is 11.4 Å². The summed E-state index contributed by atoms with van der Waals surface area (Å²) in [5.41, 5.74) is 8.69. The Kier molecular flexibility index (Phi) is 3.84. The minimum absolute atomic E-state index is 0.0826. The number of aromatic nitrogens is 2. The molecular formula is C14H16N4O2. The Hall–Kier alpha value is -2.63. The Labute approximate surface area is 116 Å². The van der Waals surface area contributed by atoms with Gasteiger partial charge in [-0.05, 0) is 50.1 Å². The molecule has 0 spiro atoms. The Balaban J connectivity index is 2.36. The van der Waals surface area contributed by atoms with Gasteiger partial charge in [0, 0.05) is 5.69 Å². The number of aryl methyl sites for hydroxylation is 3. The average Bonchev–Trinajstić information content (AvgIpc) is 2.35. The molecule has 0 bridgehead atoms. The zero-order chi connectivity index (χ0) is 14.7. The van der Waals surface area contributed by atoms with Crippen molar-refractivity contribution in [1.29, 1.82) is 0 Å². The highest BCUT2D eigenvalue weighted by molar-refractivity contribution is 5.95. The Morgan fingerprint density at radius 1 is 1.10 bits per heavy atom. The highest BCUT2D eigenvalue weighted by atomic mass is 16.5. The highest BCUT2D eigenvalue weighted by Gasteiger charge is 2.08. The number of hydrogen-bond acceptors (Lipinski definition) is 5. The molecule has 6 heteroatoms. The third-order valence-corrected chi connectivity index (χ3v) is 2.61. The Bertz CT molecular complexity index is 648. The van der Waals surface area contributed by atoms with Crippen molar-refractivity contribution in [2.24, 2.45) is 10.9 Å². The van der Waals surface area contributed by atoms with Gasteiger partial charge in [-0.15, -0.1) is 0 Å². The van der Waals surface area contributed by atoms with Crippen LogP contribution in [-0.2, 0) is 0 Å². The lowest BCUT2D eigenvalue weighted by molar-refractivity contribution is 0.318. The molecule has 0 unspecified atom stereocenters. The maximum atomic E-state index is 8.69. The molecule has 1 aromatic carbocycles. The van der Waals surface area contributed by atoms with Crippen LogP contribution in [0, 0.1) is 20.8 Å². The standard InChI is InChI=1S/C14H16N4O2/c1-8-4-9(2)6-11(5-8)20-14-16-10(3)7-12(17-14)13(15)18-19/h4-7,19H,1-3H3,(H2,15,18). The summed E-state index contributed by atoms with van der Waals surface area (Å²) in [6.45, 7) is 5.75. The van der Waals surface area contributed by atoms with Crippen molar-refractivity contribution in [1.82, 2.24) is 9.97 Å². The van der Waals surface area contributed by atoms with Crippen LogP contribution in [0.1, 0.15) is 22.5 Å². The van der Waals surface area contributed by atoms with Crippen LogP contribution in [0.15, 0.2) is 29.4 Å². The molecule has 0 aliphatic rings. The molecule has 3 N–H and O–H groups in total. The fourth-order valence-electron chi connectivity index (χ4n) is 1.87. The molecule has 1 heterocycles. The van der Waals surface area contributed by atoms with Crippen molar-refractivity contribution in [2.75, 3.05) is 0 Å². The van der Waals surface area contributed by atoms with E-state index in [9.17, 15) is 0 Å². The molecule has 1 aromatic heterocycles. The fourth-order valence-corrected chi connectivity index (χ4v) is 1.87. The molecule has 0 saturated carbocycles. The third kappa shape index (κ3) is 3.23. The van der Waals surface area contributed by atoms with E-state index in [-0.39, 0.29) is 11.8 Å². The number of benzene rings is 1. The summed E-state index contributed by atoms with van der Waals surface area (Å²) in [4.78, 5) is 8.29. The molecule has 0 fully saturated rings. The minimum atomic E-state index is -0.0826. The van der Waals surface area contributed by atoms with Gasteiger partial charge in [0.05, 0.1) is 0 Å². The van der Waals surface area contributed by atoms with E-state index in [1.807, 2.05) is 32.0 Å². The Morgan fingerprint density at radius 2 is 1.75 bits per heavy atom. The van der Waals surface area contributed by atoms with Crippen molar-refractivity contribution in [3.8, 4) is 11.8 Å². The third-order valence-electron chi connectivity index (χ3n) is 2.61. The largest absolute Gasteiger partial charge is 0.424 e. The van der Waals surface area contributed by atoms with E-state index < -0.39 is 0 Å². The van der Waals surface area contributed by atoms with E-state index in [1.54, 1.807) is 13.0 Å². The van der Waals surface area contributed by atoms with E-state index in [4.69, 9.17) is 15.7 Å². The first-order valence-electron chi connectivity index (χ1n) is 6.07. The predicted molar refractivity (Wildman–Crippen MR) is 75.3 cm³/mol. The molecule has 2 aromatic rings. The van der Waals surface area contributed by atoms with Crippen molar-refractivity contribution >= 4 is 5.84 Å². The predicted octanol–water partition coefficient (Wildman–Crippen LogP) is 2.29. The summed E-state index contributed by atoms with van der Waals surface area (Å²) in [7, 11) is 0. The van der Waals surface area contributed by atoms with E-state index >= 15 is 0 Å². The first-order chi connectivity index (χ1) is 9.47. The molecular weight excluding hydrogens is 256 g/mol. The summed E-state index contributed by atoms with van der Waals surface area (Å²) in [6.07, 6.45) is 0. The van der Waals surface area contributed by atoms with E-state index in [0.29, 0.717) is 17.1 Å². The van der Waals surface area contributed by atoms with Gasteiger partial charge >= 0.3 is 6.01 Å². The smallest absolute Gasteiger partial charge is 0.322 e. The van der Waals surface area contributed by atoms with Gasteiger partial charge in [-0.1, -0.05) is 11.2 Å². The normalized spacial score (nSPS) is 11.4. The monoisotopic (exact) mass is 272 g/mol. The van der Waals surface area contributed by atoms with E-state index in [1.165, 1.54) is 0 Å². The van der Waals surface area contributed by atoms with Gasteiger partial charge in [0.15, 0.2) is 5.84 Å². The maximum absolute atomic E-state index is 8.69. The number of amidine groups is 1. The summed E-state index contributed by atoms with van der Waals surface area (Å²) >= 11 is 0. The van der Waals surface area contributed by atoms with Gasteiger partial charge in [-0.25, -0.2) is 4.98 Å². The number of ether oxygens (including phenoxy) is 1. The fraction of sp³-hybridized carbons (Fsp3) is 0.214. The molecule has 2 rings (SSSR count). The van der Waals surface area contributed by atoms with Crippen molar-refractivity contribution in [3.05, 3.63) is 46.8 Å². The van der Waals surface area contributed by atoms with Crippen LogP contribution in [0.2, 0.25) is 0 Å². The Morgan fingerprint density at radius 3 is 2.35 bits per heavy atom. The summed E-state index contributed by atoms with van der Waals surface area (Å²) in [5.74, 6) is 0.569. The van der Waals surface area contributed by atoms with Crippen molar-refractivity contribution < 1.29 is 9.94 Å². The molecule has 104 valence electrons. The minimum Gasteiger partial charge on any atom is -0.424 e. The van der Waals surface area contributed by atoms with E-state index in [0.717, 1.165) is 11.1 Å². The lowest BCUT2D eigenvalue weighted by Crippen LogP contribution is -2.16. The summed E-state index contributed by atoms with van der Waals surface area (Å²) in [6, 6.07) is 7.61. The SMILES string of the molecule is Cc1cc(C)cc(Oc2nc(C)cc(/C(N)=N/O)n2)c1. The van der Waals surface area contributed by atoms with Crippen LogP contribution in [0.4, 0.5) is 0 Å². The van der Waals surface area contributed by atoms with Crippen LogP contribution in [0.25, 0.3) is 0 Å². The average molecular weight is 272 g/mol. The highest BCUT2D eigenvalue weighted by Crippen LogP contribution is 2.21. The van der Waals surface area contributed by atoms with Gasteiger partial charge in [-0.3, -0.25) is 0 Å². The summed E-state index contributed by atoms with van der Waals surface area (Å²) in [5, 5.41) is 11.6. The number of nitrogens with zero attached hydrogens (tertiary/aromatic N) is 3. The molecule has 0 amide bonds. The molecule has 0 aliphatic carbocycles. The van der Waals surface area contributed by atoms with Gasteiger partial charge in [-0.2, -0.15) is 4.98 Å². The molecule has 20 heavy (non-hydrogen) atoms. The number of rotatable bonds is 3. The van der Waals surface area contributed by atoms with Gasteiger partial charge < -0.3 is 15.7 Å². The summed E-state index contributed by atoms with van der Waals surface area (Å²) < 4.78 is 5.64. The number of nitrogens with two attached hydrogens (primary N) is 1. The lowest BCUT2D eigenvalue weighted by atomic mass is 10.1. The van der Waals surface area contributed by atoms with Crippen molar-refractivity contribution in [3.63, 3.8) is 0 Å². The van der Waals surface area contributed by atoms with Crippen LogP contribution in [0.5, 0.6) is 11.8 Å². The quantitative estimate of drug-likeness (QED) is 0.387. The van der Waals surface area contributed by atoms with Crippen LogP contribution >= 0.6 is 0 Å².